The topological polar surface area (TPSA) is 153 Å². The van der Waals surface area contributed by atoms with Gasteiger partial charge in [-0.3, -0.25) is 23.4 Å². The lowest BCUT2D eigenvalue weighted by molar-refractivity contribution is -0.0460. The van der Waals surface area contributed by atoms with Crippen LogP contribution in [0, 0.1) is 18.3 Å². The van der Waals surface area contributed by atoms with E-state index in [1.807, 2.05) is 6.07 Å². The van der Waals surface area contributed by atoms with E-state index >= 15 is 0 Å². The molecule has 0 aliphatic carbocycles. The van der Waals surface area contributed by atoms with E-state index in [2.05, 4.69) is 4.98 Å². The van der Waals surface area contributed by atoms with Crippen molar-refractivity contribution in [2.45, 2.75) is 38.2 Å². The van der Waals surface area contributed by atoms with Gasteiger partial charge in [-0.15, -0.1) is 0 Å². The molecule has 0 radical (unpaired) electrons. The average molecular weight is 486 g/mol. The minimum Gasteiger partial charge on any atom is -0.404 e. The van der Waals surface area contributed by atoms with Crippen LogP contribution in [0.1, 0.15) is 24.6 Å². The normalized spacial score (nSPS) is 22.2. The number of nitrogens with zero attached hydrogens (tertiary/aromatic N) is 2. The number of H-pyrrole nitrogens is 1. The molecule has 3 rings (SSSR count). The Morgan fingerprint density at radius 3 is 2.75 bits per heavy atom. The number of aliphatic hydroxyl groups excluding tert-OH is 1. The van der Waals surface area contributed by atoms with Gasteiger partial charge in [0.15, 0.2) is 0 Å². The van der Waals surface area contributed by atoms with Gasteiger partial charge in [-0.1, -0.05) is 11.6 Å². The van der Waals surface area contributed by atoms with Gasteiger partial charge in [-0.2, -0.15) is 5.26 Å². The number of rotatable bonds is 9. The highest BCUT2D eigenvalue weighted by molar-refractivity contribution is 7.48. The van der Waals surface area contributed by atoms with Gasteiger partial charge in [0.05, 0.1) is 31.8 Å². The number of aromatic nitrogens is 2. The summed E-state index contributed by atoms with van der Waals surface area (Å²) >= 11 is 5.83. The molecule has 2 heterocycles. The zero-order valence-electron chi connectivity index (χ0n) is 17.0. The first kappa shape index (κ1) is 24.2. The lowest BCUT2D eigenvalue weighted by Gasteiger charge is -2.21. The molecule has 1 saturated heterocycles. The fourth-order valence-corrected chi connectivity index (χ4v) is 4.25. The molecule has 0 spiro atoms. The van der Waals surface area contributed by atoms with Crippen molar-refractivity contribution in [3.8, 4) is 11.8 Å². The molecule has 13 heteroatoms. The highest BCUT2D eigenvalue weighted by Gasteiger charge is 2.39. The first-order valence-electron chi connectivity index (χ1n) is 9.57. The zero-order valence-corrected chi connectivity index (χ0v) is 18.6. The van der Waals surface area contributed by atoms with E-state index in [0.717, 1.165) is 4.57 Å². The highest BCUT2D eigenvalue weighted by atomic mass is 35.5. The molecule has 1 aliphatic rings. The van der Waals surface area contributed by atoms with E-state index in [0.29, 0.717) is 10.6 Å². The molecule has 1 aromatic heterocycles. The van der Waals surface area contributed by atoms with Crippen LogP contribution in [0.3, 0.4) is 0 Å². The second-order valence-electron chi connectivity index (χ2n) is 6.94. The van der Waals surface area contributed by atoms with Crippen LogP contribution in [0.15, 0.2) is 40.1 Å². The number of halogens is 1. The van der Waals surface area contributed by atoms with E-state index in [4.69, 9.17) is 35.2 Å². The van der Waals surface area contributed by atoms with Crippen molar-refractivity contribution < 1.29 is 28.0 Å². The predicted octanol–water partition coefficient (Wildman–Crippen LogP) is 2.28. The number of aromatic amines is 1. The van der Waals surface area contributed by atoms with Gasteiger partial charge in [0.25, 0.3) is 5.56 Å². The molecule has 0 bridgehead atoms. The molecule has 0 unspecified atom stereocenters. The van der Waals surface area contributed by atoms with Gasteiger partial charge in [0.2, 0.25) is 0 Å². The maximum absolute atomic E-state index is 13.1. The molecule has 2 aromatic rings. The Morgan fingerprint density at radius 1 is 1.34 bits per heavy atom. The van der Waals surface area contributed by atoms with Crippen molar-refractivity contribution in [1.82, 2.24) is 9.55 Å². The summed E-state index contributed by atoms with van der Waals surface area (Å²) in [6, 6.07) is 7.83. The standard InChI is InChI=1S/C19H21ClN3O8P/c1-12-10-23(19(26)22-18(12)25)17-9-15(24)16(30-17)11-29-32(27,28-8-2-7-21)31-14-5-3-13(20)4-6-14/h3-6,10,15-17,24H,2,8-9,11H2,1H3,(H,22,25,26)/t15-,16-,17-,32+/m0/s1. The molecule has 1 aliphatic heterocycles. The maximum atomic E-state index is 13.1. The maximum Gasteiger partial charge on any atom is 0.530 e. The Morgan fingerprint density at radius 2 is 2.06 bits per heavy atom. The first-order valence-corrected chi connectivity index (χ1v) is 11.4. The number of benzene rings is 1. The van der Waals surface area contributed by atoms with Crippen molar-refractivity contribution >= 4 is 19.4 Å². The number of aliphatic hydroxyl groups is 1. The van der Waals surface area contributed by atoms with Crippen LogP contribution < -0.4 is 15.8 Å². The van der Waals surface area contributed by atoms with Crippen molar-refractivity contribution in [3.05, 3.63) is 61.9 Å². The lowest BCUT2D eigenvalue weighted by atomic mass is 10.2. The van der Waals surface area contributed by atoms with Crippen LogP contribution in [0.25, 0.3) is 0 Å². The molecule has 11 nitrogen and oxygen atoms in total. The van der Waals surface area contributed by atoms with Crippen molar-refractivity contribution in [2.24, 2.45) is 0 Å². The first-order chi connectivity index (χ1) is 15.2. The van der Waals surface area contributed by atoms with Crippen molar-refractivity contribution in [2.75, 3.05) is 13.2 Å². The Bertz CT molecular complexity index is 1140. The molecule has 0 saturated carbocycles. The third-order valence-electron chi connectivity index (χ3n) is 4.55. The van der Waals surface area contributed by atoms with Gasteiger partial charge in [-0.25, -0.2) is 9.36 Å². The molecular weight excluding hydrogens is 465 g/mol. The summed E-state index contributed by atoms with van der Waals surface area (Å²) in [5.41, 5.74) is -0.899. The molecule has 1 aromatic carbocycles. The van der Waals surface area contributed by atoms with Crippen molar-refractivity contribution in [1.29, 1.82) is 5.26 Å². The smallest absolute Gasteiger partial charge is 0.404 e. The predicted molar refractivity (Wildman–Crippen MR) is 112 cm³/mol. The van der Waals surface area contributed by atoms with Gasteiger partial charge in [-0.05, 0) is 31.2 Å². The minimum absolute atomic E-state index is 0.0387. The number of ether oxygens (including phenoxy) is 1. The van der Waals surface area contributed by atoms with Gasteiger partial charge in [0.1, 0.15) is 18.1 Å². The third-order valence-corrected chi connectivity index (χ3v) is 6.20. The number of aryl methyl sites for hydroxylation is 1. The van der Waals surface area contributed by atoms with Crippen LogP contribution in [0.5, 0.6) is 5.75 Å². The highest BCUT2D eigenvalue weighted by Crippen LogP contribution is 2.50. The average Bonchev–Trinajstić information content (AvgIpc) is 3.11. The van der Waals surface area contributed by atoms with E-state index < -0.39 is 37.5 Å². The van der Waals surface area contributed by atoms with Gasteiger partial charge < -0.3 is 14.4 Å². The largest absolute Gasteiger partial charge is 0.530 e. The summed E-state index contributed by atoms with van der Waals surface area (Å²) in [5.74, 6) is 0.163. The summed E-state index contributed by atoms with van der Waals surface area (Å²) in [4.78, 5) is 25.8. The van der Waals surface area contributed by atoms with Crippen LogP contribution in [0.2, 0.25) is 5.02 Å². The molecule has 4 atom stereocenters. The lowest BCUT2D eigenvalue weighted by Crippen LogP contribution is -2.33. The Balaban J connectivity index is 1.69. The quantitative estimate of drug-likeness (QED) is 0.402. The summed E-state index contributed by atoms with van der Waals surface area (Å²) < 4.78 is 35.8. The Hall–Kier alpha value is -2.45. The monoisotopic (exact) mass is 485 g/mol. The van der Waals surface area contributed by atoms with Gasteiger partial charge >= 0.3 is 13.5 Å². The molecule has 0 amide bonds. The summed E-state index contributed by atoms with van der Waals surface area (Å²) in [6.45, 7) is 0.944. The van der Waals surface area contributed by atoms with Crippen molar-refractivity contribution in [3.63, 3.8) is 0 Å². The minimum atomic E-state index is -4.18. The van der Waals surface area contributed by atoms with E-state index in [1.165, 1.54) is 37.4 Å². The van der Waals surface area contributed by atoms with Crippen LogP contribution in [0.4, 0.5) is 0 Å². The Labute approximate surface area is 187 Å². The van der Waals surface area contributed by atoms with Crippen LogP contribution >= 0.6 is 19.4 Å². The second-order valence-corrected chi connectivity index (χ2v) is 8.97. The number of nitriles is 1. The second kappa shape index (κ2) is 10.4. The summed E-state index contributed by atoms with van der Waals surface area (Å²) in [5, 5.41) is 19.5. The molecule has 2 N–H and O–H groups in total. The fourth-order valence-electron chi connectivity index (χ4n) is 2.92. The molecular formula is C19H21ClN3O8P. The number of hydrogen-bond donors (Lipinski definition) is 2. The van der Waals surface area contributed by atoms with E-state index in [-0.39, 0.29) is 31.8 Å². The number of phosphoric acid groups is 1. The van der Waals surface area contributed by atoms with Crippen LogP contribution in [-0.4, -0.2) is 40.1 Å². The molecule has 172 valence electrons. The number of hydrogen-bond acceptors (Lipinski definition) is 9. The summed E-state index contributed by atoms with van der Waals surface area (Å²) in [6.07, 6.45) is -1.55. The third kappa shape index (κ3) is 6.07. The van der Waals surface area contributed by atoms with Gasteiger partial charge in [0, 0.05) is 23.2 Å². The zero-order chi connectivity index (χ0) is 23.3. The number of nitrogens with one attached hydrogen (secondary N) is 1. The molecule has 32 heavy (non-hydrogen) atoms. The van der Waals surface area contributed by atoms with E-state index in [9.17, 15) is 19.3 Å². The SMILES string of the molecule is Cc1cn([C@@H]2C[C@H](O)[C@H](CO[P@@](=O)(OCCC#N)Oc3ccc(Cl)cc3)O2)c(=O)[nH]c1=O. The van der Waals surface area contributed by atoms with E-state index in [1.54, 1.807) is 0 Å². The Kier molecular flexibility index (Phi) is 7.90. The molecule has 1 fully saturated rings. The number of phosphoric ester groups is 1. The fraction of sp³-hybridized carbons (Fsp3) is 0.421. The summed E-state index contributed by atoms with van der Waals surface area (Å²) in [7, 11) is -4.18. The van der Waals surface area contributed by atoms with Crippen LogP contribution in [-0.2, 0) is 18.3 Å².